The van der Waals surface area contributed by atoms with E-state index in [0.29, 0.717) is 17.1 Å². The van der Waals surface area contributed by atoms with E-state index >= 15 is 0 Å². The molecule has 174 valence electrons. The summed E-state index contributed by atoms with van der Waals surface area (Å²) < 4.78 is 14.2. The van der Waals surface area contributed by atoms with Crippen LogP contribution in [-0.2, 0) is 11.8 Å². The molecule has 35 heavy (non-hydrogen) atoms. The monoisotopic (exact) mass is 467 g/mol. The molecule has 0 bridgehead atoms. The summed E-state index contributed by atoms with van der Waals surface area (Å²) in [5.74, 6) is -0.327. The number of fused-ring (bicyclic) bond motifs is 1. The van der Waals surface area contributed by atoms with Crippen LogP contribution < -0.4 is 10.5 Å². The third kappa shape index (κ3) is 3.69. The Balaban J connectivity index is 1.61. The predicted molar refractivity (Wildman–Crippen MR) is 125 cm³/mol. The Bertz CT molecular complexity index is 1480. The van der Waals surface area contributed by atoms with Gasteiger partial charge in [0.05, 0.1) is 18.1 Å². The fourth-order valence-electron chi connectivity index (χ4n) is 4.21. The van der Waals surface area contributed by atoms with Crippen LogP contribution in [0.1, 0.15) is 34.6 Å². The largest absolute Gasteiger partial charge is 0.460 e. The van der Waals surface area contributed by atoms with Crippen molar-refractivity contribution in [2.45, 2.75) is 12.8 Å². The summed E-state index contributed by atoms with van der Waals surface area (Å²) >= 11 is 0. The molecule has 1 aliphatic rings. The molecule has 0 saturated heterocycles. The number of nitrogens with two attached hydrogens (primary N) is 1. The van der Waals surface area contributed by atoms with E-state index in [2.05, 4.69) is 21.1 Å². The first-order valence-corrected chi connectivity index (χ1v) is 10.9. The number of aryl methyl sites for hydroxylation is 1. The van der Waals surface area contributed by atoms with Gasteiger partial charge in [-0.3, -0.25) is 9.55 Å². The van der Waals surface area contributed by atoms with E-state index in [-0.39, 0.29) is 18.3 Å². The summed E-state index contributed by atoms with van der Waals surface area (Å²) in [6, 6.07) is 13.4. The van der Waals surface area contributed by atoms with E-state index in [0.717, 1.165) is 22.4 Å². The van der Waals surface area contributed by atoms with Crippen molar-refractivity contribution in [3.63, 3.8) is 0 Å². The Kier molecular flexibility index (Phi) is 5.51. The molecular formula is C25H21N7O3. The smallest absolute Gasteiger partial charge is 0.374 e. The van der Waals surface area contributed by atoms with Crippen molar-refractivity contribution in [3.05, 3.63) is 89.6 Å². The van der Waals surface area contributed by atoms with Crippen molar-refractivity contribution in [3.8, 4) is 28.9 Å². The third-order valence-electron chi connectivity index (χ3n) is 5.74. The van der Waals surface area contributed by atoms with Crippen LogP contribution in [0.25, 0.3) is 16.9 Å². The lowest BCUT2D eigenvalue weighted by atomic mass is 9.83. The molecular weight excluding hydrogens is 446 g/mol. The molecule has 0 radical (unpaired) electrons. The highest BCUT2D eigenvalue weighted by molar-refractivity contribution is 5.86. The molecule has 4 aromatic rings. The molecule has 4 heterocycles. The molecule has 0 amide bonds. The number of aromatic nitrogens is 5. The number of pyridine rings is 1. The van der Waals surface area contributed by atoms with E-state index in [4.69, 9.17) is 15.2 Å². The number of benzene rings is 1. The van der Waals surface area contributed by atoms with Gasteiger partial charge in [-0.2, -0.15) is 10.4 Å². The van der Waals surface area contributed by atoms with Crippen molar-refractivity contribution >= 4 is 5.97 Å². The molecule has 10 nitrogen and oxygen atoms in total. The van der Waals surface area contributed by atoms with E-state index in [1.54, 1.807) is 41.8 Å². The van der Waals surface area contributed by atoms with Crippen LogP contribution in [-0.4, -0.2) is 36.9 Å². The van der Waals surface area contributed by atoms with Crippen LogP contribution in [0.5, 0.6) is 5.88 Å². The SMILES string of the molecule is CCOC(=O)c1nccn1-c1ccc(C2C(C#N)=C(N)Oc3c2c(-c2cccnc2)nn3C)cc1. The maximum atomic E-state index is 12.3. The quantitative estimate of drug-likeness (QED) is 0.443. The van der Waals surface area contributed by atoms with Gasteiger partial charge < -0.3 is 15.2 Å². The Labute approximate surface area is 200 Å². The molecule has 2 N–H and O–H groups in total. The Hall–Kier alpha value is -4.91. The molecule has 1 aliphatic heterocycles. The number of nitrogens with zero attached hydrogens (tertiary/aromatic N) is 6. The van der Waals surface area contributed by atoms with Gasteiger partial charge in [0.25, 0.3) is 0 Å². The molecule has 10 heteroatoms. The number of esters is 1. The molecule has 0 spiro atoms. The van der Waals surface area contributed by atoms with Gasteiger partial charge in [-0.25, -0.2) is 14.5 Å². The highest BCUT2D eigenvalue weighted by Crippen LogP contribution is 2.46. The molecule has 0 fully saturated rings. The van der Waals surface area contributed by atoms with Crippen molar-refractivity contribution in [1.29, 1.82) is 5.26 Å². The predicted octanol–water partition coefficient (Wildman–Crippen LogP) is 3.06. The minimum absolute atomic E-state index is 0.0361. The van der Waals surface area contributed by atoms with Gasteiger partial charge in [-0.1, -0.05) is 12.1 Å². The summed E-state index contributed by atoms with van der Waals surface area (Å²) in [5, 5.41) is 14.6. The van der Waals surface area contributed by atoms with Crippen molar-refractivity contribution < 1.29 is 14.3 Å². The Morgan fingerprint density at radius 3 is 2.74 bits per heavy atom. The number of nitriles is 1. The zero-order valence-electron chi connectivity index (χ0n) is 19.0. The second-order valence-corrected chi connectivity index (χ2v) is 7.79. The van der Waals surface area contributed by atoms with Gasteiger partial charge in [0.2, 0.25) is 17.6 Å². The summed E-state index contributed by atoms with van der Waals surface area (Å²) in [6.07, 6.45) is 6.63. The highest BCUT2D eigenvalue weighted by atomic mass is 16.5. The second kappa shape index (κ2) is 8.79. The maximum absolute atomic E-state index is 12.3. The topological polar surface area (TPSA) is 134 Å². The number of ether oxygens (including phenoxy) is 2. The van der Waals surface area contributed by atoms with Crippen LogP contribution in [0.2, 0.25) is 0 Å². The summed E-state index contributed by atoms with van der Waals surface area (Å²) in [4.78, 5) is 20.6. The van der Waals surface area contributed by atoms with Crippen LogP contribution in [0.3, 0.4) is 0 Å². The molecule has 1 atom stereocenters. The van der Waals surface area contributed by atoms with Crippen LogP contribution in [0.15, 0.2) is 72.6 Å². The normalized spacial score (nSPS) is 14.7. The molecule has 0 saturated carbocycles. The first kappa shape index (κ1) is 21.9. The average Bonchev–Trinajstić information content (AvgIpc) is 3.49. The lowest BCUT2D eigenvalue weighted by Gasteiger charge is -2.25. The van der Waals surface area contributed by atoms with E-state index in [1.807, 2.05) is 36.4 Å². The van der Waals surface area contributed by atoms with Crippen LogP contribution in [0.4, 0.5) is 0 Å². The zero-order valence-corrected chi connectivity index (χ0v) is 19.0. The number of rotatable bonds is 5. The minimum Gasteiger partial charge on any atom is -0.460 e. The molecule has 1 unspecified atom stereocenters. The van der Waals surface area contributed by atoms with Crippen molar-refractivity contribution in [2.75, 3.05) is 6.61 Å². The van der Waals surface area contributed by atoms with E-state index < -0.39 is 11.9 Å². The van der Waals surface area contributed by atoms with Gasteiger partial charge in [0, 0.05) is 43.1 Å². The lowest BCUT2D eigenvalue weighted by Crippen LogP contribution is -2.22. The first-order chi connectivity index (χ1) is 17.0. The van der Waals surface area contributed by atoms with Gasteiger partial charge in [0.1, 0.15) is 17.3 Å². The van der Waals surface area contributed by atoms with Crippen molar-refractivity contribution in [1.82, 2.24) is 24.3 Å². The summed E-state index contributed by atoms with van der Waals surface area (Å²) in [5.41, 5.74) is 10.2. The molecule has 3 aromatic heterocycles. The Morgan fingerprint density at radius 2 is 2.06 bits per heavy atom. The van der Waals surface area contributed by atoms with E-state index in [9.17, 15) is 10.1 Å². The number of carbonyl (C=O) groups is 1. The van der Waals surface area contributed by atoms with E-state index in [1.165, 1.54) is 6.20 Å². The highest BCUT2D eigenvalue weighted by Gasteiger charge is 2.36. The van der Waals surface area contributed by atoms with Gasteiger partial charge in [-0.05, 0) is 36.8 Å². The second-order valence-electron chi connectivity index (χ2n) is 7.79. The standard InChI is InChI=1S/C25H21N7O3/c1-3-34-25(33)23-29-11-12-32(23)17-8-6-15(7-9-17)19-18(13-26)22(27)35-24-20(19)21(30-31(24)2)16-5-4-10-28-14-16/h4-12,14,19H,3,27H2,1-2H3. The van der Waals surface area contributed by atoms with Crippen LogP contribution >= 0.6 is 0 Å². The fraction of sp³-hybridized carbons (Fsp3) is 0.160. The van der Waals surface area contributed by atoms with Crippen LogP contribution in [0, 0.1) is 11.3 Å². The maximum Gasteiger partial charge on any atom is 0.374 e. The zero-order chi connectivity index (χ0) is 24.5. The van der Waals surface area contributed by atoms with Crippen molar-refractivity contribution in [2.24, 2.45) is 12.8 Å². The van der Waals surface area contributed by atoms with Gasteiger partial charge in [0.15, 0.2) is 0 Å². The summed E-state index contributed by atoms with van der Waals surface area (Å²) in [6.45, 7) is 2.00. The summed E-state index contributed by atoms with van der Waals surface area (Å²) in [7, 11) is 1.76. The van der Waals surface area contributed by atoms with Gasteiger partial charge >= 0.3 is 5.97 Å². The molecule has 1 aromatic carbocycles. The molecule has 0 aliphatic carbocycles. The first-order valence-electron chi connectivity index (χ1n) is 10.9. The lowest BCUT2D eigenvalue weighted by molar-refractivity contribution is 0.0510. The van der Waals surface area contributed by atoms with Gasteiger partial charge in [-0.15, -0.1) is 0 Å². The number of allylic oxidation sites excluding steroid dienone is 1. The number of hydrogen-bond donors (Lipinski definition) is 1. The molecule has 5 rings (SSSR count). The number of carbonyl (C=O) groups excluding carboxylic acids is 1. The fourth-order valence-corrected chi connectivity index (χ4v) is 4.21. The third-order valence-corrected chi connectivity index (χ3v) is 5.74. The number of hydrogen-bond acceptors (Lipinski definition) is 8. The minimum atomic E-state index is -0.506. The number of imidazole rings is 1. The Morgan fingerprint density at radius 1 is 1.26 bits per heavy atom. The average molecular weight is 467 g/mol.